The highest BCUT2D eigenvalue weighted by Crippen LogP contribution is 2.38. The molecule has 3 aromatic carbocycles. The maximum absolute atomic E-state index is 13.7. The number of hydrogen-bond acceptors (Lipinski definition) is 2. The SMILES string of the molecule is O=C(CCc1cc(F)cc(F)c1)n1c2c(c(Cc3ccccc3)c1-c1ccccc1)CC(O)CC2. The fraction of sp³-hybridized carbons (Fsp3) is 0.233. The van der Waals surface area contributed by atoms with Gasteiger partial charge in [0.1, 0.15) is 11.6 Å². The van der Waals surface area contributed by atoms with Crippen LogP contribution >= 0.6 is 0 Å². The van der Waals surface area contributed by atoms with Crippen molar-refractivity contribution in [2.24, 2.45) is 0 Å². The molecule has 5 rings (SSSR count). The molecule has 0 amide bonds. The van der Waals surface area contributed by atoms with E-state index in [9.17, 15) is 18.7 Å². The smallest absolute Gasteiger partial charge is 0.231 e. The molecule has 4 aromatic rings. The predicted octanol–water partition coefficient (Wildman–Crippen LogP) is 6.15. The number of aromatic nitrogens is 1. The monoisotopic (exact) mass is 471 g/mol. The lowest BCUT2D eigenvalue weighted by Crippen LogP contribution is -2.23. The molecule has 1 N–H and O–H groups in total. The second-order valence-electron chi connectivity index (χ2n) is 9.18. The Bertz CT molecular complexity index is 1330. The molecule has 1 aromatic heterocycles. The molecule has 3 nitrogen and oxygen atoms in total. The van der Waals surface area contributed by atoms with Crippen LogP contribution < -0.4 is 0 Å². The number of carbonyl (C=O) groups excluding carboxylic acids is 1. The summed E-state index contributed by atoms with van der Waals surface area (Å²) in [4.78, 5) is 13.7. The van der Waals surface area contributed by atoms with Crippen molar-refractivity contribution >= 4 is 5.91 Å². The van der Waals surface area contributed by atoms with E-state index in [-0.39, 0.29) is 18.7 Å². The van der Waals surface area contributed by atoms with Crippen molar-refractivity contribution in [1.82, 2.24) is 4.57 Å². The average Bonchev–Trinajstić information content (AvgIpc) is 3.16. The van der Waals surface area contributed by atoms with Crippen molar-refractivity contribution in [2.45, 2.75) is 44.6 Å². The van der Waals surface area contributed by atoms with Gasteiger partial charge >= 0.3 is 0 Å². The van der Waals surface area contributed by atoms with E-state index in [2.05, 4.69) is 12.1 Å². The molecule has 0 radical (unpaired) electrons. The van der Waals surface area contributed by atoms with E-state index in [1.165, 1.54) is 12.1 Å². The van der Waals surface area contributed by atoms with Gasteiger partial charge in [0, 0.05) is 24.6 Å². The fourth-order valence-corrected chi connectivity index (χ4v) is 5.15. The van der Waals surface area contributed by atoms with Gasteiger partial charge in [0.15, 0.2) is 0 Å². The van der Waals surface area contributed by atoms with Crippen LogP contribution in [0.25, 0.3) is 11.3 Å². The molecule has 1 aliphatic rings. The summed E-state index contributed by atoms with van der Waals surface area (Å²) in [6.45, 7) is 0. The van der Waals surface area contributed by atoms with E-state index in [1.807, 2.05) is 53.1 Å². The zero-order chi connectivity index (χ0) is 24.4. The van der Waals surface area contributed by atoms with Crippen molar-refractivity contribution < 1.29 is 18.7 Å². The summed E-state index contributed by atoms with van der Waals surface area (Å²) in [5.74, 6) is -1.40. The van der Waals surface area contributed by atoms with Gasteiger partial charge in [0.25, 0.3) is 0 Å². The molecule has 0 bridgehead atoms. The number of aliphatic hydroxyl groups excluding tert-OH is 1. The first kappa shape index (κ1) is 23.2. The second kappa shape index (κ2) is 9.96. The molecule has 1 aliphatic carbocycles. The van der Waals surface area contributed by atoms with E-state index >= 15 is 0 Å². The molecule has 1 unspecified atom stereocenters. The van der Waals surface area contributed by atoms with Gasteiger partial charge in [0.2, 0.25) is 5.91 Å². The number of aryl methyl sites for hydroxylation is 1. The Morgan fingerprint density at radius 3 is 2.26 bits per heavy atom. The second-order valence-corrected chi connectivity index (χ2v) is 9.18. The van der Waals surface area contributed by atoms with Crippen LogP contribution in [0, 0.1) is 11.6 Å². The van der Waals surface area contributed by atoms with Crippen molar-refractivity contribution in [3.63, 3.8) is 0 Å². The van der Waals surface area contributed by atoms with Gasteiger partial charge in [-0.15, -0.1) is 0 Å². The number of benzene rings is 3. The molecule has 35 heavy (non-hydrogen) atoms. The van der Waals surface area contributed by atoms with Crippen LogP contribution in [-0.4, -0.2) is 21.7 Å². The summed E-state index contributed by atoms with van der Waals surface area (Å²) in [6, 6.07) is 23.3. The van der Waals surface area contributed by atoms with Crippen molar-refractivity contribution in [3.8, 4) is 11.3 Å². The highest BCUT2D eigenvalue weighted by molar-refractivity contribution is 5.88. The largest absolute Gasteiger partial charge is 0.393 e. The Kier molecular flexibility index (Phi) is 6.60. The molecule has 1 atom stereocenters. The summed E-state index contributed by atoms with van der Waals surface area (Å²) >= 11 is 0. The van der Waals surface area contributed by atoms with Crippen LogP contribution in [0.15, 0.2) is 78.9 Å². The summed E-state index contributed by atoms with van der Waals surface area (Å²) in [6.07, 6.45) is 2.27. The summed E-state index contributed by atoms with van der Waals surface area (Å²) in [5, 5.41) is 10.5. The molecule has 0 saturated carbocycles. The number of halogens is 2. The fourth-order valence-electron chi connectivity index (χ4n) is 5.15. The number of fused-ring (bicyclic) bond motifs is 1. The minimum Gasteiger partial charge on any atom is -0.393 e. The van der Waals surface area contributed by atoms with Crippen molar-refractivity contribution in [2.75, 3.05) is 0 Å². The third kappa shape index (κ3) is 4.96. The van der Waals surface area contributed by atoms with E-state index in [4.69, 9.17) is 0 Å². The molecule has 0 aliphatic heterocycles. The quantitative estimate of drug-likeness (QED) is 0.367. The van der Waals surface area contributed by atoms with Crippen LogP contribution in [0.5, 0.6) is 0 Å². The lowest BCUT2D eigenvalue weighted by molar-refractivity contribution is 0.0897. The molecule has 5 heteroatoms. The van der Waals surface area contributed by atoms with Gasteiger partial charge in [-0.1, -0.05) is 60.7 Å². The van der Waals surface area contributed by atoms with Crippen LogP contribution in [0.1, 0.15) is 45.6 Å². The van der Waals surface area contributed by atoms with E-state index < -0.39 is 17.7 Å². The van der Waals surface area contributed by atoms with Crippen molar-refractivity contribution in [1.29, 1.82) is 0 Å². The Balaban J connectivity index is 1.60. The zero-order valence-electron chi connectivity index (χ0n) is 19.4. The van der Waals surface area contributed by atoms with Gasteiger partial charge < -0.3 is 5.11 Å². The Morgan fingerprint density at radius 1 is 0.914 bits per heavy atom. The molecular formula is C30H27F2NO2. The normalized spacial score (nSPS) is 15.1. The summed E-state index contributed by atoms with van der Waals surface area (Å²) in [5.41, 5.74) is 6.41. The predicted molar refractivity (Wildman–Crippen MR) is 132 cm³/mol. The minimum absolute atomic E-state index is 0.111. The van der Waals surface area contributed by atoms with E-state index in [0.29, 0.717) is 31.2 Å². The maximum Gasteiger partial charge on any atom is 0.231 e. The summed E-state index contributed by atoms with van der Waals surface area (Å²) in [7, 11) is 0. The Labute approximate surface area is 203 Å². The van der Waals surface area contributed by atoms with Crippen molar-refractivity contribution in [3.05, 3.63) is 118 Å². The lowest BCUT2D eigenvalue weighted by Gasteiger charge is -2.20. The molecule has 0 spiro atoms. The number of carbonyl (C=O) groups is 1. The lowest BCUT2D eigenvalue weighted by atomic mass is 9.89. The first-order valence-corrected chi connectivity index (χ1v) is 12.0. The third-order valence-corrected chi connectivity index (χ3v) is 6.72. The van der Waals surface area contributed by atoms with E-state index in [1.54, 1.807) is 0 Å². The highest BCUT2D eigenvalue weighted by atomic mass is 19.1. The number of nitrogens with zero attached hydrogens (tertiary/aromatic N) is 1. The zero-order valence-corrected chi connectivity index (χ0v) is 19.4. The highest BCUT2D eigenvalue weighted by Gasteiger charge is 2.31. The average molecular weight is 472 g/mol. The topological polar surface area (TPSA) is 42.2 Å². The van der Waals surface area contributed by atoms with Crippen LogP contribution in [0.3, 0.4) is 0 Å². The van der Waals surface area contributed by atoms with Crippen LogP contribution in [0.4, 0.5) is 8.78 Å². The van der Waals surface area contributed by atoms with Gasteiger partial charge in [-0.3, -0.25) is 9.36 Å². The maximum atomic E-state index is 13.7. The van der Waals surface area contributed by atoms with Gasteiger partial charge in [-0.2, -0.15) is 0 Å². The molecule has 1 heterocycles. The number of rotatable bonds is 6. The molecule has 0 saturated heterocycles. The molecule has 0 fully saturated rings. The van der Waals surface area contributed by atoms with Crippen LogP contribution in [0.2, 0.25) is 0 Å². The first-order chi connectivity index (χ1) is 17.0. The first-order valence-electron chi connectivity index (χ1n) is 12.0. The standard InChI is InChI=1S/C30H27F2NO2/c31-23-15-21(16-24(32)18-23)11-14-29(35)33-28-13-12-25(34)19-26(28)27(17-20-7-3-1-4-8-20)30(33)22-9-5-2-6-10-22/h1-10,15-16,18,25,34H,11-14,17,19H2. The summed E-state index contributed by atoms with van der Waals surface area (Å²) < 4.78 is 29.2. The Hall–Kier alpha value is -3.57. The van der Waals surface area contributed by atoms with Crippen LogP contribution in [-0.2, 0) is 25.7 Å². The minimum atomic E-state index is -0.644. The molecule has 178 valence electrons. The van der Waals surface area contributed by atoms with Gasteiger partial charge in [-0.05, 0) is 65.6 Å². The van der Waals surface area contributed by atoms with E-state index in [0.717, 1.165) is 39.7 Å². The Morgan fingerprint density at radius 2 is 1.57 bits per heavy atom. The third-order valence-electron chi connectivity index (χ3n) is 6.72. The van der Waals surface area contributed by atoms with Gasteiger partial charge in [0.05, 0.1) is 11.8 Å². The molecular weight excluding hydrogens is 444 g/mol. The number of hydrogen-bond donors (Lipinski definition) is 1. The van der Waals surface area contributed by atoms with Gasteiger partial charge in [-0.25, -0.2) is 8.78 Å². The number of aliphatic hydroxyl groups is 1.